The molecule has 0 spiro atoms. The van der Waals surface area contributed by atoms with Gasteiger partial charge in [0.25, 0.3) is 0 Å². The minimum atomic E-state index is 0.192. The molecule has 0 aliphatic carbocycles. The largest absolute Gasteiger partial charge is 0.363 e. The van der Waals surface area contributed by atoms with Crippen LogP contribution in [-0.4, -0.2) is 9.97 Å². The number of aryl methyl sites for hydroxylation is 3. The molecule has 37 heavy (non-hydrogen) atoms. The van der Waals surface area contributed by atoms with Gasteiger partial charge in [0.05, 0.1) is 11.7 Å². The van der Waals surface area contributed by atoms with Gasteiger partial charge in [0.1, 0.15) is 5.82 Å². The molecule has 2 radical (unpaired) electrons. The van der Waals surface area contributed by atoms with Crippen molar-refractivity contribution in [2.75, 3.05) is 5.32 Å². The second kappa shape index (κ2) is 13.6. The minimum absolute atomic E-state index is 0.192. The van der Waals surface area contributed by atoms with Gasteiger partial charge in [0.2, 0.25) is 0 Å². The Balaban J connectivity index is 1.78. The Morgan fingerprint density at radius 1 is 0.973 bits per heavy atom. The van der Waals surface area contributed by atoms with Crippen molar-refractivity contribution in [3.63, 3.8) is 0 Å². The van der Waals surface area contributed by atoms with Gasteiger partial charge in [-0.25, -0.2) is 4.98 Å². The number of nitrogens with zero attached hydrogens (tertiary/aromatic N) is 2. The highest BCUT2D eigenvalue weighted by molar-refractivity contribution is 5.64. The van der Waals surface area contributed by atoms with E-state index in [1.54, 1.807) is 0 Å². The van der Waals surface area contributed by atoms with Gasteiger partial charge < -0.3 is 5.32 Å². The maximum atomic E-state index is 5.03. The van der Waals surface area contributed by atoms with Crippen molar-refractivity contribution in [3.8, 4) is 11.3 Å². The topological polar surface area (TPSA) is 37.8 Å². The standard InChI is InChI=1S/C34H45N3/c1-8-11-15-31(30-19-26(5)23-35-24-30)36-33-21-25(4)20-32(37-33)29-17-16-28(27(6)22-29)14-12-13-18-34(7,9-2)10-3/h12-13,16-17,19-24,31H,8-11,15,18H2,1-7H3,(H,36,37). The van der Waals surface area contributed by atoms with Crippen LogP contribution in [0, 0.1) is 38.7 Å². The fourth-order valence-corrected chi connectivity index (χ4v) is 4.58. The number of aromatic nitrogens is 2. The van der Waals surface area contributed by atoms with Crippen LogP contribution in [0.5, 0.6) is 0 Å². The third kappa shape index (κ3) is 8.28. The smallest absolute Gasteiger partial charge is 0.127 e. The zero-order valence-corrected chi connectivity index (χ0v) is 24.0. The summed E-state index contributed by atoms with van der Waals surface area (Å²) in [5.74, 6) is 0.912. The van der Waals surface area contributed by atoms with Crippen LogP contribution in [0.2, 0.25) is 0 Å². The number of hydrogen-bond acceptors (Lipinski definition) is 3. The van der Waals surface area contributed by atoms with Crippen molar-refractivity contribution in [2.24, 2.45) is 5.41 Å². The van der Waals surface area contributed by atoms with E-state index in [-0.39, 0.29) is 6.04 Å². The number of benzene rings is 1. The molecule has 0 aliphatic heterocycles. The molecule has 0 saturated heterocycles. The monoisotopic (exact) mass is 495 g/mol. The number of allylic oxidation sites excluding steroid dienone is 1. The Morgan fingerprint density at radius 2 is 1.76 bits per heavy atom. The SMILES string of the molecule is CCCCC(Nc1cc(C)cc(-c2ccc([C]=C[CH]CC(C)(CC)CC)c(C)c2)n1)c1cncc(C)c1. The molecular weight excluding hydrogens is 450 g/mol. The van der Waals surface area contributed by atoms with Gasteiger partial charge in [0.15, 0.2) is 0 Å². The summed E-state index contributed by atoms with van der Waals surface area (Å²) in [6.45, 7) is 15.5. The molecule has 0 saturated carbocycles. The van der Waals surface area contributed by atoms with E-state index < -0.39 is 0 Å². The number of pyridine rings is 2. The van der Waals surface area contributed by atoms with Gasteiger partial charge in [-0.3, -0.25) is 4.98 Å². The molecule has 0 amide bonds. The van der Waals surface area contributed by atoms with Gasteiger partial charge in [-0.15, -0.1) is 0 Å². The lowest BCUT2D eigenvalue weighted by Crippen LogP contribution is -2.13. The zero-order valence-electron chi connectivity index (χ0n) is 24.0. The lowest BCUT2D eigenvalue weighted by atomic mass is 9.80. The minimum Gasteiger partial charge on any atom is -0.363 e. The molecule has 0 fully saturated rings. The molecule has 1 N–H and O–H groups in total. The second-order valence-electron chi connectivity index (χ2n) is 10.8. The summed E-state index contributed by atoms with van der Waals surface area (Å²) in [5.41, 5.74) is 8.44. The summed E-state index contributed by atoms with van der Waals surface area (Å²) in [4.78, 5) is 9.46. The van der Waals surface area contributed by atoms with Crippen molar-refractivity contribution < 1.29 is 0 Å². The molecular formula is C34H45N3. The Bertz CT molecular complexity index is 1170. The van der Waals surface area contributed by atoms with E-state index in [1.807, 2.05) is 12.4 Å². The molecule has 196 valence electrons. The first-order chi connectivity index (χ1) is 17.8. The molecule has 1 atom stereocenters. The fourth-order valence-electron chi connectivity index (χ4n) is 4.58. The Morgan fingerprint density at radius 3 is 2.43 bits per heavy atom. The van der Waals surface area contributed by atoms with Crippen LogP contribution in [0.4, 0.5) is 5.82 Å². The number of unbranched alkanes of at least 4 members (excludes halogenated alkanes) is 1. The summed E-state index contributed by atoms with van der Waals surface area (Å²) in [5, 5.41) is 3.72. The third-order valence-electron chi connectivity index (χ3n) is 7.63. The molecule has 0 bridgehead atoms. The third-order valence-corrected chi connectivity index (χ3v) is 7.63. The first-order valence-corrected chi connectivity index (χ1v) is 14.0. The normalized spacial score (nSPS) is 12.7. The first-order valence-electron chi connectivity index (χ1n) is 14.0. The molecule has 1 unspecified atom stereocenters. The van der Waals surface area contributed by atoms with E-state index in [0.29, 0.717) is 5.41 Å². The Kier molecular flexibility index (Phi) is 10.5. The number of anilines is 1. The predicted molar refractivity (Wildman–Crippen MR) is 159 cm³/mol. The number of hydrogen-bond donors (Lipinski definition) is 1. The van der Waals surface area contributed by atoms with Crippen molar-refractivity contribution in [1.29, 1.82) is 0 Å². The van der Waals surface area contributed by atoms with E-state index in [2.05, 4.69) is 114 Å². The maximum absolute atomic E-state index is 5.03. The van der Waals surface area contributed by atoms with Crippen molar-refractivity contribution in [1.82, 2.24) is 9.97 Å². The van der Waals surface area contributed by atoms with Gasteiger partial charge in [-0.1, -0.05) is 77.7 Å². The Labute approximate surface area is 225 Å². The maximum Gasteiger partial charge on any atom is 0.127 e. The van der Waals surface area contributed by atoms with E-state index >= 15 is 0 Å². The summed E-state index contributed by atoms with van der Waals surface area (Å²) >= 11 is 0. The van der Waals surface area contributed by atoms with Crippen molar-refractivity contribution in [2.45, 2.75) is 93.0 Å². The summed E-state index contributed by atoms with van der Waals surface area (Å²) < 4.78 is 0. The quantitative estimate of drug-likeness (QED) is 0.256. The second-order valence-corrected chi connectivity index (χ2v) is 10.8. The molecule has 3 nitrogen and oxygen atoms in total. The highest BCUT2D eigenvalue weighted by Crippen LogP contribution is 2.31. The number of rotatable bonds is 13. The van der Waals surface area contributed by atoms with E-state index in [9.17, 15) is 0 Å². The molecule has 3 aromatic rings. The van der Waals surface area contributed by atoms with Crippen molar-refractivity contribution >= 4 is 5.82 Å². The molecule has 3 heteroatoms. The Hall–Kier alpha value is -2.94. The van der Waals surface area contributed by atoms with Gasteiger partial charge in [-0.05, 0) is 97.5 Å². The predicted octanol–water partition coefficient (Wildman–Crippen LogP) is 9.54. The lowest BCUT2D eigenvalue weighted by molar-refractivity contribution is 0.295. The van der Waals surface area contributed by atoms with Crippen molar-refractivity contribution in [3.05, 3.63) is 95.2 Å². The fraction of sp³-hybridized carbons (Fsp3) is 0.441. The van der Waals surface area contributed by atoms with Crippen LogP contribution in [0.3, 0.4) is 0 Å². The average molecular weight is 496 g/mol. The average Bonchev–Trinajstić information content (AvgIpc) is 2.89. The first kappa shape index (κ1) is 28.6. The van der Waals surface area contributed by atoms with Crippen LogP contribution in [0.1, 0.15) is 100 Å². The van der Waals surface area contributed by atoms with Crippen LogP contribution in [0.15, 0.2) is 54.9 Å². The molecule has 2 heterocycles. The summed E-state index contributed by atoms with van der Waals surface area (Å²) in [6, 6.07) is 13.3. The zero-order chi connectivity index (χ0) is 26.8. The van der Waals surface area contributed by atoms with E-state index in [4.69, 9.17) is 4.98 Å². The number of nitrogens with one attached hydrogen (secondary N) is 1. The van der Waals surface area contributed by atoms with Gasteiger partial charge in [0, 0.05) is 18.0 Å². The molecule has 0 aliphatic rings. The lowest BCUT2D eigenvalue weighted by Gasteiger charge is -2.25. The summed E-state index contributed by atoms with van der Waals surface area (Å²) in [7, 11) is 0. The highest BCUT2D eigenvalue weighted by Gasteiger charge is 2.18. The van der Waals surface area contributed by atoms with Gasteiger partial charge in [-0.2, -0.15) is 0 Å². The highest BCUT2D eigenvalue weighted by atomic mass is 15.0. The van der Waals surface area contributed by atoms with Gasteiger partial charge >= 0.3 is 0 Å². The van der Waals surface area contributed by atoms with Crippen LogP contribution < -0.4 is 5.32 Å². The summed E-state index contributed by atoms with van der Waals surface area (Å²) in [6.07, 6.45) is 18.6. The van der Waals surface area contributed by atoms with Crippen LogP contribution >= 0.6 is 0 Å². The van der Waals surface area contributed by atoms with Crippen LogP contribution in [0.25, 0.3) is 11.3 Å². The molecule has 1 aromatic carbocycles. The molecule has 3 rings (SSSR count). The van der Waals surface area contributed by atoms with Crippen LogP contribution in [-0.2, 0) is 0 Å². The van der Waals surface area contributed by atoms with E-state index in [1.165, 1.54) is 35.1 Å². The molecule has 2 aromatic heterocycles. The van der Waals surface area contributed by atoms with E-state index in [0.717, 1.165) is 48.3 Å².